The highest BCUT2D eigenvalue weighted by Crippen LogP contribution is 2.32. The number of aryl methyl sites for hydroxylation is 1. The van der Waals surface area contributed by atoms with Gasteiger partial charge < -0.3 is 15.2 Å². The molecule has 3 nitrogen and oxygen atoms in total. The summed E-state index contributed by atoms with van der Waals surface area (Å²) in [5, 5.41) is 13.4. The van der Waals surface area contributed by atoms with E-state index in [0.29, 0.717) is 11.6 Å². The van der Waals surface area contributed by atoms with Crippen molar-refractivity contribution in [2.45, 2.75) is 27.2 Å². The second kappa shape index (κ2) is 6.30. The summed E-state index contributed by atoms with van der Waals surface area (Å²) in [6, 6.07) is 3.77. The molecule has 1 aromatic rings. The Morgan fingerprint density at radius 3 is 2.61 bits per heavy atom. The first-order chi connectivity index (χ1) is 8.45. The summed E-state index contributed by atoms with van der Waals surface area (Å²) < 4.78 is 5.30. The first kappa shape index (κ1) is 15.1. The molecule has 1 unspecified atom stereocenters. The largest absolute Gasteiger partial charge is 0.495 e. The fraction of sp³-hybridized carbons (Fsp3) is 0.571. The van der Waals surface area contributed by atoms with Crippen molar-refractivity contribution in [1.29, 1.82) is 0 Å². The van der Waals surface area contributed by atoms with Gasteiger partial charge in [-0.05, 0) is 25.0 Å². The van der Waals surface area contributed by atoms with E-state index in [1.165, 1.54) is 0 Å². The molecule has 102 valence electrons. The maximum Gasteiger partial charge on any atom is 0.143 e. The van der Waals surface area contributed by atoms with Crippen LogP contribution in [0.3, 0.4) is 0 Å². The molecule has 1 rings (SSSR count). The molecule has 0 aliphatic carbocycles. The summed E-state index contributed by atoms with van der Waals surface area (Å²) in [7, 11) is 1.62. The highest BCUT2D eigenvalue weighted by Gasteiger charge is 2.21. The number of methoxy groups -OCH3 is 1. The third-order valence-corrected chi connectivity index (χ3v) is 3.83. The van der Waals surface area contributed by atoms with E-state index in [1.807, 2.05) is 13.0 Å². The molecule has 1 aromatic carbocycles. The number of anilines is 1. The van der Waals surface area contributed by atoms with Crippen molar-refractivity contribution in [3.05, 3.63) is 22.7 Å². The zero-order valence-corrected chi connectivity index (χ0v) is 12.3. The van der Waals surface area contributed by atoms with Crippen LogP contribution in [0.25, 0.3) is 0 Å². The molecule has 18 heavy (non-hydrogen) atoms. The van der Waals surface area contributed by atoms with Gasteiger partial charge in [-0.3, -0.25) is 0 Å². The number of rotatable bonds is 6. The van der Waals surface area contributed by atoms with Gasteiger partial charge >= 0.3 is 0 Å². The maximum atomic E-state index is 9.40. The van der Waals surface area contributed by atoms with Crippen molar-refractivity contribution >= 4 is 17.3 Å². The molecule has 1 atom stereocenters. The zero-order chi connectivity index (χ0) is 13.8. The van der Waals surface area contributed by atoms with E-state index in [-0.39, 0.29) is 12.0 Å². The van der Waals surface area contributed by atoms with Gasteiger partial charge in [0.15, 0.2) is 0 Å². The fourth-order valence-corrected chi connectivity index (χ4v) is 1.73. The summed E-state index contributed by atoms with van der Waals surface area (Å²) >= 11 is 6.06. The molecule has 0 aliphatic heterocycles. The van der Waals surface area contributed by atoms with E-state index >= 15 is 0 Å². The van der Waals surface area contributed by atoms with Crippen LogP contribution in [0.4, 0.5) is 5.69 Å². The van der Waals surface area contributed by atoms with Gasteiger partial charge in [0.05, 0.1) is 19.4 Å². The van der Waals surface area contributed by atoms with E-state index in [9.17, 15) is 5.11 Å². The lowest BCUT2D eigenvalue weighted by Gasteiger charge is -2.27. The van der Waals surface area contributed by atoms with Gasteiger partial charge in [0, 0.05) is 23.0 Å². The fourth-order valence-electron chi connectivity index (χ4n) is 1.57. The van der Waals surface area contributed by atoms with Gasteiger partial charge in [-0.1, -0.05) is 25.4 Å². The molecular formula is C14H22ClNO2. The van der Waals surface area contributed by atoms with Crippen LogP contribution in [0.15, 0.2) is 12.1 Å². The molecule has 0 aliphatic rings. The number of hydrogen-bond acceptors (Lipinski definition) is 3. The molecule has 0 radical (unpaired) electrons. The first-order valence-electron chi connectivity index (χ1n) is 6.14. The topological polar surface area (TPSA) is 41.5 Å². The van der Waals surface area contributed by atoms with Crippen molar-refractivity contribution in [1.82, 2.24) is 0 Å². The molecule has 4 heteroatoms. The molecule has 2 N–H and O–H groups in total. The third-order valence-electron chi connectivity index (χ3n) is 3.42. The van der Waals surface area contributed by atoms with Gasteiger partial charge in [-0.2, -0.15) is 0 Å². The number of aliphatic hydroxyl groups is 1. The molecule has 0 heterocycles. The third kappa shape index (κ3) is 3.53. The van der Waals surface area contributed by atoms with Gasteiger partial charge in [0.1, 0.15) is 5.75 Å². The Morgan fingerprint density at radius 2 is 2.11 bits per heavy atom. The Bertz CT molecular complexity index is 403. The van der Waals surface area contributed by atoms with Crippen LogP contribution < -0.4 is 10.1 Å². The van der Waals surface area contributed by atoms with Gasteiger partial charge in [0.25, 0.3) is 0 Å². The van der Waals surface area contributed by atoms with Gasteiger partial charge in [0.2, 0.25) is 0 Å². The van der Waals surface area contributed by atoms with Gasteiger partial charge in [-0.25, -0.2) is 0 Å². The van der Waals surface area contributed by atoms with Crippen molar-refractivity contribution in [2.75, 3.05) is 25.6 Å². The number of hydrogen-bond donors (Lipinski definition) is 2. The van der Waals surface area contributed by atoms with Crippen molar-refractivity contribution in [2.24, 2.45) is 5.41 Å². The van der Waals surface area contributed by atoms with Crippen molar-refractivity contribution in [3.8, 4) is 5.75 Å². The highest BCUT2D eigenvalue weighted by atomic mass is 35.5. The summed E-state index contributed by atoms with van der Waals surface area (Å²) in [6.45, 7) is 6.93. The number of aliphatic hydroxyl groups excluding tert-OH is 1. The van der Waals surface area contributed by atoms with Crippen LogP contribution in [0.2, 0.25) is 5.02 Å². The average Bonchev–Trinajstić information content (AvgIpc) is 2.39. The Kier molecular flexibility index (Phi) is 5.29. The summed E-state index contributed by atoms with van der Waals surface area (Å²) in [6.07, 6.45) is 0.908. The normalized spacial score (nSPS) is 14.1. The van der Waals surface area contributed by atoms with Crippen LogP contribution in [0.1, 0.15) is 25.8 Å². The summed E-state index contributed by atoms with van der Waals surface area (Å²) in [5.74, 6) is 0.724. The minimum atomic E-state index is -0.126. The van der Waals surface area contributed by atoms with Gasteiger partial charge in [-0.15, -0.1) is 0 Å². The van der Waals surface area contributed by atoms with Crippen molar-refractivity contribution in [3.63, 3.8) is 0 Å². The average molecular weight is 272 g/mol. The minimum Gasteiger partial charge on any atom is -0.495 e. The van der Waals surface area contributed by atoms with Crippen LogP contribution >= 0.6 is 11.6 Å². The molecule has 0 saturated carbocycles. The zero-order valence-electron chi connectivity index (χ0n) is 11.5. The molecule has 0 saturated heterocycles. The number of ether oxygens (including phenoxy) is 1. The first-order valence-corrected chi connectivity index (χ1v) is 6.52. The Morgan fingerprint density at radius 1 is 1.44 bits per heavy atom. The maximum absolute atomic E-state index is 9.40. The lowest BCUT2D eigenvalue weighted by Crippen LogP contribution is -2.29. The SMILES string of the molecule is CCC(C)(CO)CNc1cc(C)c(Cl)cc1OC. The lowest BCUT2D eigenvalue weighted by molar-refractivity contribution is 0.149. The van der Waals surface area contributed by atoms with E-state index in [0.717, 1.165) is 23.4 Å². The summed E-state index contributed by atoms with van der Waals surface area (Å²) in [5.41, 5.74) is 1.79. The Balaban J connectivity index is 2.87. The number of benzene rings is 1. The van der Waals surface area contributed by atoms with Crippen molar-refractivity contribution < 1.29 is 9.84 Å². The van der Waals surface area contributed by atoms with E-state index in [4.69, 9.17) is 16.3 Å². The molecular weight excluding hydrogens is 250 g/mol. The Hall–Kier alpha value is -0.930. The van der Waals surface area contributed by atoms with E-state index in [2.05, 4.69) is 19.2 Å². The molecule has 0 spiro atoms. The Labute approximate surface area is 114 Å². The number of nitrogens with one attached hydrogen (secondary N) is 1. The molecule has 0 amide bonds. The number of halogens is 1. The summed E-state index contributed by atoms with van der Waals surface area (Å²) in [4.78, 5) is 0. The molecule has 0 bridgehead atoms. The second-order valence-electron chi connectivity index (χ2n) is 4.98. The minimum absolute atomic E-state index is 0.126. The second-order valence-corrected chi connectivity index (χ2v) is 5.38. The quantitative estimate of drug-likeness (QED) is 0.832. The van der Waals surface area contributed by atoms with Crippen LogP contribution in [0.5, 0.6) is 5.75 Å². The molecule has 0 fully saturated rings. The van der Waals surface area contributed by atoms with Crippen LogP contribution in [-0.4, -0.2) is 25.4 Å². The van der Waals surface area contributed by atoms with E-state index < -0.39 is 0 Å². The predicted octanol–water partition coefficient (Wildman–Crippen LogP) is 3.48. The van der Waals surface area contributed by atoms with Crippen LogP contribution in [0, 0.1) is 12.3 Å². The lowest BCUT2D eigenvalue weighted by atomic mass is 9.88. The van der Waals surface area contributed by atoms with Crippen LogP contribution in [-0.2, 0) is 0 Å². The standard InChI is InChI=1S/C14H22ClNO2/c1-5-14(3,9-17)8-16-12-6-10(2)11(15)7-13(12)18-4/h6-7,16-17H,5,8-9H2,1-4H3. The van der Waals surface area contributed by atoms with E-state index in [1.54, 1.807) is 13.2 Å². The predicted molar refractivity (Wildman–Crippen MR) is 76.7 cm³/mol. The monoisotopic (exact) mass is 271 g/mol. The highest BCUT2D eigenvalue weighted by molar-refractivity contribution is 6.31. The smallest absolute Gasteiger partial charge is 0.143 e. The molecule has 0 aromatic heterocycles.